The lowest BCUT2D eigenvalue weighted by Crippen LogP contribution is -2.25. The number of ether oxygens (including phenoxy) is 1. The van der Waals surface area contributed by atoms with Crippen molar-refractivity contribution in [3.05, 3.63) is 35.0 Å². The Labute approximate surface area is 119 Å². The lowest BCUT2D eigenvalue weighted by molar-refractivity contribution is -0.142. The van der Waals surface area contributed by atoms with E-state index < -0.39 is 0 Å². The first-order valence-corrected chi connectivity index (χ1v) is 7.04. The predicted molar refractivity (Wildman–Crippen MR) is 75.4 cm³/mol. The van der Waals surface area contributed by atoms with Gasteiger partial charge in [-0.05, 0) is 36.6 Å². The number of esters is 1. The zero-order chi connectivity index (χ0) is 14.5. The third-order valence-electron chi connectivity index (χ3n) is 2.62. The molecular formula is C14H14FNO3S. The van der Waals surface area contributed by atoms with Crippen molar-refractivity contribution in [1.29, 1.82) is 0 Å². The highest BCUT2D eigenvalue weighted by Gasteiger charge is 2.11. The average molecular weight is 295 g/mol. The molecule has 0 saturated carbocycles. The Morgan fingerprint density at radius 3 is 2.90 bits per heavy atom. The van der Waals surface area contributed by atoms with Crippen molar-refractivity contribution in [2.45, 2.75) is 13.3 Å². The van der Waals surface area contributed by atoms with Gasteiger partial charge in [-0.1, -0.05) is 0 Å². The van der Waals surface area contributed by atoms with Gasteiger partial charge in [0.25, 0.3) is 5.91 Å². The van der Waals surface area contributed by atoms with Gasteiger partial charge >= 0.3 is 5.97 Å². The van der Waals surface area contributed by atoms with Gasteiger partial charge in [0.1, 0.15) is 5.82 Å². The van der Waals surface area contributed by atoms with Crippen molar-refractivity contribution in [1.82, 2.24) is 5.32 Å². The molecule has 0 saturated heterocycles. The first-order chi connectivity index (χ1) is 9.60. The summed E-state index contributed by atoms with van der Waals surface area (Å²) in [5.74, 6) is -0.938. The van der Waals surface area contributed by atoms with Crippen molar-refractivity contribution in [3.63, 3.8) is 0 Å². The molecule has 1 aromatic carbocycles. The molecule has 0 aliphatic heterocycles. The number of hydrogen-bond donors (Lipinski definition) is 1. The van der Waals surface area contributed by atoms with E-state index in [4.69, 9.17) is 4.74 Å². The number of carbonyl (C=O) groups is 2. The van der Waals surface area contributed by atoms with E-state index in [2.05, 4.69) is 5.32 Å². The summed E-state index contributed by atoms with van der Waals surface area (Å²) in [5.41, 5.74) is 0. The second kappa shape index (κ2) is 6.47. The molecule has 0 aliphatic rings. The summed E-state index contributed by atoms with van der Waals surface area (Å²) in [6.07, 6.45) is 0.138. The molecule has 0 spiro atoms. The minimum absolute atomic E-state index is 0.138. The third-order valence-corrected chi connectivity index (χ3v) is 3.74. The van der Waals surface area contributed by atoms with E-state index in [1.165, 1.54) is 23.5 Å². The van der Waals surface area contributed by atoms with Crippen molar-refractivity contribution < 1.29 is 18.7 Å². The molecule has 0 bridgehead atoms. The highest BCUT2D eigenvalue weighted by atomic mass is 32.1. The molecule has 1 amide bonds. The normalized spacial score (nSPS) is 10.5. The minimum atomic E-state index is -0.341. The van der Waals surface area contributed by atoms with Gasteiger partial charge in [0.05, 0.1) is 17.9 Å². The summed E-state index contributed by atoms with van der Waals surface area (Å²) >= 11 is 1.29. The molecule has 1 N–H and O–H groups in total. The maximum absolute atomic E-state index is 13.1. The van der Waals surface area contributed by atoms with Crippen LogP contribution in [0, 0.1) is 5.82 Å². The van der Waals surface area contributed by atoms with Crippen LogP contribution in [0.25, 0.3) is 10.1 Å². The van der Waals surface area contributed by atoms with Crippen LogP contribution in [0.4, 0.5) is 4.39 Å². The molecule has 2 aromatic rings. The number of fused-ring (bicyclic) bond motifs is 1. The van der Waals surface area contributed by atoms with Crippen LogP contribution in [0.3, 0.4) is 0 Å². The van der Waals surface area contributed by atoms with Gasteiger partial charge in [0.2, 0.25) is 0 Å². The third kappa shape index (κ3) is 3.54. The Kier molecular flexibility index (Phi) is 4.68. The molecule has 0 radical (unpaired) electrons. The van der Waals surface area contributed by atoms with E-state index in [0.717, 1.165) is 4.70 Å². The molecule has 0 aliphatic carbocycles. The average Bonchev–Trinajstić information content (AvgIpc) is 2.82. The quantitative estimate of drug-likeness (QED) is 0.863. The Morgan fingerprint density at radius 2 is 2.15 bits per heavy atom. The molecule has 20 heavy (non-hydrogen) atoms. The van der Waals surface area contributed by atoms with E-state index >= 15 is 0 Å². The summed E-state index contributed by atoms with van der Waals surface area (Å²) < 4.78 is 18.7. The van der Waals surface area contributed by atoms with E-state index in [9.17, 15) is 14.0 Å². The topological polar surface area (TPSA) is 55.4 Å². The van der Waals surface area contributed by atoms with E-state index in [1.807, 2.05) is 0 Å². The van der Waals surface area contributed by atoms with Crippen LogP contribution in [-0.4, -0.2) is 25.0 Å². The number of thiophene rings is 1. The van der Waals surface area contributed by atoms with Crippen LogP contribution in [-0.2, 0) is 9.53 Å². The van der Waals surface area contributed by atoms with Gasteiger partial charge in [-0.3, -0.25) is 9.59 Å². The highest BCUT2D eigenvalue weighted by Crippen LogP contribution is 2.26. The first kappa shape index (κ1) is 14.5. The molecule has 1 heterocycles. The Balaban J connectivity index is 1.95. The number of rotatable bonds is 5. The lowest BCUT2D eigenvalue weighted by atomic mass is 10.2. The van der Waals surface area contributed by atoms with Gasteiger partial charge in [-0.15, -0.1) is 11.3 Å². The fraction of sp³-hybridized carbons (Fsp3) is 0.286. The summed E-state index contributed by atoms with van der Waals surface area (Å²) in [7, 11) is 0. The fourth-order valence-electron chi connectivity index (χ4n) is 1.72. The second-order valence-corrected chi connectivity index (χ2v) is 5.19. The van der Waals surface area contributed by atoms with Crippen LogP contribution >= 0.6 is 11.3 Å². The minimum Gasteiger partial charge on any atom is -0.466 e. The maximum atomic E-state index is 13.1. The molecule has 6 heteroatoms. The summed E-state index contributed by atoms with van der Waals surface area (Å²) in [4.78, 5) is 23.5. The number of nitrogens with one attached hydrogen (secondary N) is 1. The second-order valence-electron chi connectivity index (χ2n) is 4.10. The van der Waals surface area contributed by atoms with Crippen molar-refractivity contribution in [3.8, 4) is 0 Å². The molecule has 0 fully saturated rings. The highest BCUT2D eigenvalue weighted by molar-refractivity contribution is 7.20. The number of hydrogen-bond acceptors (Lipinski definition) is 4. The standard InChI is InChI=1S/C14H14FNO3S/c1-2-19-13(17)5-6-16-14(18)12-8-9-7-10(15)3-4-11(9)20-12/h3-4,7-8H,2,5-6H2,1H3,(H,16,18). The molecular weight excluding hydrogens is 281 g/mol. The first-order valence-electron chi connectivity index (χ1n) is 6.23. The Hall–Kier alpha value is -1.95. The van der Waals surface area contributed by atoms with Crippen LogP contribution in [0.5, 0.6) is 0 Å². The number of amides is 1. The van der Waals surface area contributed by atoms with Gasteiger partial charge in [-0.25, -0.2) is 4.39 Å². The van der Waals surface area contributed by atoms with Crippen molar-refractivity contribution in [2.75, 3.05) is 13.2 Å². The molecule has 4 nitrogen and oxygen atoms in total. The van der Waals surface area contributed by atoms with Gasteiger partial charge in [0.15, 0.2) is 0 Å². The zero-order valence-electron chi connectivity index (χ0n) is 10.9. The maximum Gasteiger partial charge on any atom is 0.307 e. The predicted octanol–water partition coefficient (Wildman–Crippen LogP) is 2.72. The number of carbonyl (C=O) groups excluding carboxylic acids is 2. The van der Waals surface area contributed by atoms with Crippen molar-refractivity contribution >= 4 is 33.3 Å². The van der Waals surface area contributed by atoms with Crippen LogP contribution < -0.4 is 5.32 Å². The Bertz CT molecular complexity index is 638. The van der Waals surface area contributed by atoms with Gasteiger partial charge in [0, 0.05) is 11.2 Å². The van der Waals surface area contributed by atoms with Crippen LogP contribution in [0.15, 0.2) is 24.3 Å². The lowest BCUT2D eigenvalue weighted by Gasteiger charge is -2.03. The monoisotopic (exact) mass is 295 g/mol. The molecule has 106 valence electrons. The smallest absolute Gasteiger partial charge is 0.307 e. The van der Waals surface area contributed by atoms with Crippen molar-refractivity contribution in [2.24, 2.45) is 0 Å². The molecule has 0 unspecified atom stereocenters. The molecule has 1 aromatic heterocycles. The summed E-state index contributed by atoms with van der Waals surface area (Å²) in [6, 6.07) is 6.04. The summed E-state index contributed by atoms with van der Waals surface area (Å²) in [6.45, 7) is 2.28. The van der Waals surface area contributed by atoms with Crippen LogP contribution in [0.1, 0.15) is 23.0 Å². The summed E-state index contributed by atoms with van der Waals surface area (Å²) in [5, 5.41) is 3.34. The zero-order valence-corrected chi connectivity index (χ0v) is 11.8. The van der Waals surface area contributed by atoms with Gasteiger partial charge < -0.3 is 10.1 Å². The van der Waals surface area contributed by atoms with E-state index in [0.29, 0.717) is 16.9 Å². The van der Waals surface area contributed by atoms with Gasteiger partial charge in [-0.2, -0.15) is 0 Å². The largest absolute Gasteiger partial charge is 0.466 e. The number of benzene rings is 1. The SMILES string of the molecule is CCOC(=O)CCNC(=O)c1cc2cc(F)ccc2s1. The van der Waals surface area contributed by atoms with E-state index in [-0.39, 0.29) is 30.7 Å². The fourth-order valence-corrected chi connectivity index (χ4v) is 2.68. The molecule has 0 atom stereocenters. The van der Waals surface area contributed by atoms with Crippen LogP contribution in [0.2, 0.25) is 0 Å². The Morgan fingerprint density at radius 1 is 1.35 bits per heavy atom. The molecule has 2 rings (SSSR count). The van der Waals surface area contributed by atoms with E-state index in [1.54, 1.807) is 19.1 Å². The number of halogens is 1.